The van der Waals surface area contributed by atoms with Gasteiger partial charge in [0.1, 0.15) is 5.25 Å². The molecule has 2 aromatic carbocycles. The van der Waals surface area contributed by atoms with Crippen LogP contribution in [0.25, 0.3) is 0 Å². The normalized spacial score (nSPS) is 20.2. The predicted octanol–water partition coefficient (Wildman–Crippen LogP) is 3.11. The minimum atomic E-state index is -3.82. The highest BCUT2D eigenvalue weighted by Gasteiger charge is 2.45. The average molecular weight is 368 g/mol. The molecule has 0 bridgehead atoms. The minimum absolute atomic E-state index is 0.0132. The maximum atomic E-state index is 12.9. The number of rotatable bonds is 3. The molecule has 1 unspecified atom stereocenters. The van der Waals surface area contributed by atoms with Gasteiger partial charge in [-0.1, -0.05) is 30.3 Å². The second kappa shape index (κ2) is 5.89. The summed E-state index contributed by atoms with van der Waals surface area (Å²) < 4.78 is 51.3. The molecule has 2 N–H and O–H groups in total. The van der Waals surface area contributed by atoms with Crippen molar-refractivity contribution in [3.05, 3.63) is 59.7 Å². The molecule has 6 nitrogen and oxygen atoms in total. The van der Waals surface area contributed by atoms with Crippen LogP contribution in [0.15, 0.2) is 58.3 Å². The highest BCUT2D eigenvalue weighted by molar-refractivity contribution is 8.25. The van der Waals surface area contributed by atoms with Crippen molar-refractivity contribution in [2.45, 2.75) is 15.0 Å². The number of hydrogen-bond donors (Lipinski definition) is 2. The molecule has 2 aromatic rings. The monoisotopic (exact) mass is 368 g/mol. The van der Waals surface area contributed by atoms with Gasteiger partial charge in [0.05, 0.1) is 28.2 Å². The van der Waals surface area contributed by atoms with Gasteiger partial charge in [-0.2, -0.15) is 10.6 Å². The Kier molecular flexibility index (Phi) is 4.16. The molecular formula is C16H16O6S2. The Morgan fingerprint density at radius 2 is 1.79 bits per heavy atom. The molecule has 1 aliphatic heterocycles. The van der Waals surface area contributed by atoms with E-state index in [9.17, 15) is 22.3 Å². The van der Waals surface area contributed by atoms with Crippen LogP contribution in [-0.4, -0.2) is 36.4 Å². The first-order valence-electron chi connectivity index (χ1n) is 7.05. The van der Waals surface area contributed by atoms with Gasteiger partial charge in [-0.3, -0.25) is 9.11 Å². The molecule has 0 radical (unpaired) electrons. The molecule has 1 aliphatic rings. The Labute approximate surface area is 141 Å². The van der Waals surface area contributed by atoms with Gasteiger partial charge in [-0.15, -0.1) is 0 Å². The summed E-state index contributed by atoms with van der Waals surface area (Å²) in [5.41, 5.74) is 0.225. The van der Waals surface area contributed by atoms with Crippen LogP contribution in [0.4, 0.5) is 0 Å². The Bertz CT molecular complexity index is 890. The third-order valence-electron chi connectivity index (χ3n) is 3.95. The number of esters is 1. The number of ether oxygens (including phenoxy) is 1. The SMILES string of the molecule is COC(=O)c1cccc2c1S(O)(O)CC2S(=O)(=O)c1ccccc1. The topological polar surface area (TPSA) is 101 Å². The van der Waals surface area contributed by atoms with E-state index in [2.05, 4.69) is 4.74 Å². The zero-order chi connectivity index (χ0) is 17.5. The van der Waals surface area contributed by atoms with E-state index in [0.717, 1.165) is 0 Å². The van der Waals surface area contributed by atoms with Crippen molar-refractivity contribution in [2.75, 3.05) is 12.9 Å². The first-order valence-corrected chi connectivity index (χ1v) is 10.3. The highest BCUT2D eigenvalue weighted by atomic mass is 32.3. The van der Waals surface area contributed by atoms with E-state index in [4.69, 9.17) is 0 Å². The van der Waals surface area contributed by atoms with Crippen molar-refractivity contribution in [3.8, 4) is 0 Å². The summed E-state index contributed by atoms with van der Waals surface area (Å²) in [7, 11) is -6.05. The zero-order valence-corrected chi connectivity index (χ0v) is 14.4. The number of methoxy groups -OCH3 is 1. The molecule has 0 aliphatic carbocycles. The lowest BCUT2D eigenvalue weighted by Gasteiger charge is -2.28. The molecule has 0 saturated heterocycles. The summed E-state index contributed by atoms with van der Waals surface area (Å²) >= 11 is 0. The van der Waals surface area contributed by atoms with E-state index in [1.165, 1.54) is 37.4 Å². The maximum Gasteiger partial charge on any atom is 0.339 e. The third-order valence-corrected chi connectivity index (χ3v) is 8.17. The standard InChI is InChI=1S/C16H16O6S2/c1-22-16(17)13-9-5-8-12-14(10-23(18,19)15(12)13)24(20,21)11-6-3-2-4-7-11/h2-9,14,18-19H,10H2,1H3. The predicted molar refractivity (Wildman–Crippen MR) is 90.1 cm³/mol. The van der Waals surface area contributed by atoms with Crippen molar-refractivity contribution in [1.29, 1.82) is 0 Å². The van der Waals surface area contributed by atoms with Crippen molar-refractivity contribution < 1.29 is 27.1 Å². The molecule has 0 saturated carbocycles. The van der Waals surface area contributed by atoms with Gasteiger partial charge in [0.25, 0.3) is 0 Å². The Balaban J connectivity index is 2.19. The fourth-order valence-corrected chi connectivity index (χ4v) is 7.48. The van der Waals surface area contributed by atoms with Crippen molar-refractivity contribution in [1.82, 2.24) is 0 Å². The van der Waals surface area contributed by atoms with E-state index >= 15 is 0 Å². The molecule has 0 aromatic heterocycles. The molecule has 1 atom stereocenters. The van der Waals surface area contributed by atoms with E-state index in [1.54, 1.807) is 18.2 Å². The Morgan fingerprint density at radius 3 is 2.42 bits per heavy atom. The molecule has 0 fully saturated rings. The first kappa shape index (κ1) is 17.0. The van der Waals surface area contributed by atoms with Crippen LogP contribution < -0.4 is 0 Å². The second-order valence-electron chi connectivity index (χ2n) is 5.40. The lowest BCUT2D eigenvalue weighted by atomic mass is 10.1. The van der Waals surface area contributed by atoms with E-state index in [1.807, 2.05) is 0 Å². The summed E-state index contributed by atoms with van der Waals surface area (Å²) in [6.45, 7) is 0. The van der Waals surface area contributed by atoms with Crippen molar-refractivity contribution in [3.63, 3.8) is 0 Å². The molecule has 0 spiro atoms. The zero-order valence-electron chi connectivity index (χ0n) is 12.7. The number of hydrogen-bond acceptors (Lipinski definition) is 6. The quantitative estimate of drug-likeness (QED) is 0.807. The van der Waals surface area contributed by atoms with Crippen LogP contribution in [0.3, 0.4) is 0 Å². The van der Waals surface area contributed by atoms with E-state index in [-0.39, 0.29) is 26.7 Å². The lowest BCUT2D eigenvalue weighted by Crippen LogP contribution is -2.15. The van der Waals surface area contributed by atoms with Gasteiger partial charge in [0.2, 0.25) is 0 Å². The van der Waals surface area contributed by atoms with Gasteiger partial charge in [0, 0.05) is 0 Å². The smallest absolute Gasteiger partial charge is 0.339 e. The third kappa shape index (κ3) is 2.61. The number of carbonyl (C=O) groups excluding carboxylic acids is 1. The van der Waals surface area contributed by atoms with Crippen LogP contribution in [0, 0.1) is 0 Å². The summed E-state index contributed by atoms with van der Waals surface area (Å²) in [5, 5.41) is -1.12. The van der Waals surface area contributed by atoms with Crippen LogP contribution >= 0.6 is 10.6 Å². The molecule has 3 rings (SSSR count). The van der Waals surface area contributed by atoms with Gasteiger partial charge in [0.15, 0.2) is 9.84 Å². The molecular weight excluding hydrogens is 352 g/mol. The number of fused-ring (bicyclic) bond motifs is 1. The summed E-state index contributed by atoms with van der Waals surface area (Å²) in [4.78, 5) is 12.0. The summed E-state index contributed by atoms with van der Waals surface area (Å²) in [6.07, 6.45) is 0. The Hall–Kier alpha value is -1.87. The van der Waals surface area contributed by atoms with Crippen LogP contribution in [0.2, 0.25) is 0 Å². The minimum Gasteiger partial charge on any atom is -0.465 e. The van der Waals surface area contributed by atoms with E-state index < -0.39 is 31.6 Å². The van der Waals surface area contributed by atoms with Gasteiger partial charge >= 0.3 is 5.97 Å². The van der Waals surface area contributed by atoms with Crippen molar-refractivity contribution >= 4 is 26.4 Å². The fourth-order valence-electron chi connectivity index (χ4n) is 2.86. The van der Waals surface area contributed by atoms with Crippen molar-refractivity contribution in [2.24, 2.45) is 0 Å². The highest BCUT2D eigenvalue weighted by Crippen LogP contribution is 2.62. The second-order valence-corrected chi connectivity index (χ2v) is 9.60. The summed E-state index contributed by atoms with van der Waals surface area (Å²) in [5.74, 6) is -1.10. The maximum absolute atomic E-state index is 12.9. The average Bonchev–Trinajstić information content (AvgIpc) is 2.87. The van der Waals surface area contributed by atoms with Crippen LogP contribution in [0.1, 0.15) is 21.2 Å². The number of carbonyl (C=O) groups is 1. The molecule has 24 heavy (non-hydrogen) atoms. The fraction of sp³-hybridized carbons (Fsp3) is 0.188. The first-order chi connectivity index (χ1) is 11.3. The van der Waals surface area contributed by atoms with Crippen LogP contribution in [-0.2, 0) is 14.6 Å². The molecule has 128 valence electrons. The molecule has 0 amide bonds. The summed E-state index contributed by atoms with van der Waals surface area (Å²) in [6, 6.07) is 12.2. The Morgan fingerprint density at radius 1 is 1.12 bits per heavy atom. The number of benzene rings is 2. The molecule has 1 heterocycles. The van der Waals surface area contributed by atoms with Gasteiger partial charge in [-0.05, 0) is 23.8 Å². The van der Waals surface area contributed by atoms with Gasteiger partial charge < -0.3 is 4.74 Å². The van der Waals surface area contributed by atoms with E-state index in [0.29, 0.717) is 0 Å². The van der Waals surface area contributed by atoms with Gasteiger partial charge in [-0.25, -0.2) is 13.2 Å². The largest absolute Gasteiger partial charge is 0.465 e. The number of sulfone groups is 1. The molecule has 8 heteroatoms. The van der Waals surface area contributed by atoms with Crippen LogP contribution in [0.5, 0.6) is 0 Å². The lowest BCUT2D eigenvalue weighted by molar-refractivity contribution is 0.0596.